The van der Waals surface area contributed by atoms with E-state index in [-0.39, 0.29) is 10.5 Å². The second-order valence-corrected chi connectivity index (χ2v) is 7.48. The number of aromatic nitrogens is 3. The number of pyridine rings is 1. The van der Waals surface area contributed by atoms with Crippen molar-refractivity contribution in [2.45, 2.75) is 11.4 Å². The van der Waals surface area contributed by atoms with Crippen LogP contribution in [-0.2, 0) is 16.4 Å². The molecule has 126 valence electrons. The van der Waals surface area contributed by atoms with Gasteiger partial charge in [0, 0.05) is 24.2 Å². The van der Waals surface area contributed by atoms with Crippen LogP contribution in [0.2, 0.25) is 0 Å². The molecule has 0 unspecified atom stereocenters. The molecule has 8 heteroatoms. The third kappa shape index (κ3) is 3.36. The summed E-state index contributed by atoms with van der Waals surface area (Å²) < 4.78 is 24.2. The molecule has 0 aliphatic rings. The normalized spacial score (nSPS) is 11.2. The Morgan fingerprint density at radius 3 is 2.48 bits per heavy atom. The van der Waals surface area contributed by atoms with Crippen LogP contribution in [0.5, 0.6) is 0 Å². The fourth-order valence-electron chi connectivity index (χ4n) is 2.35. The average molecular weight is 354 g/mol. The predicted molar refractivity (Wildman–Crippen MR) is 93.0 cm³/mol. The van der Waals surface area contributed by atoms with Gasteiger partial charge in [-0.25, -0.2) is 24.7 Å². The van der Waals surface area contributed by atoms with Gasteiger partial charge in [-0.05, 0) is 17.7 Å². The lowest BCUT2D eigenvalue weighted by atomic mass is 10.1. The lowest BCUT2D eigenvalue weighted by Gasteiger charge is -2.02. The largest absolute Gasteiger partial charge is 0.312 e. The number of rotatable bonds is 4. The number of aromatic amines is 1. The molecule has 0 spiro atoms. The third-order valence-corrected chi connectivity index (χ3v) is 4.77. The molecule has 3 aromatic rings. The van der Waals surface area contributed by atoms with E-state index >= 15 is 0 Å². The molecule has 0 saturated carbocycles. The van der Waals surface area contributed by atoms with E-state index in [0.717, 1.165) is 17.4 Å². The molecular formula is C17H14N4O3S. The fraction of sp³-hybridized carbons (Fsp3) is 0.118. The summed E-state index contributed by atoms with van der Waals surface area (Å²) in [7, 11) is -3.34. The van der Waals surface area contributed by atoms with Gasteiger partial charge in [0.25, 0.3) is 5.56 Å². The molecule has 25 heavy (non-hydrogen) atoms. The summed E-state index contributed by atoms with van der Waals surface area (Å²) in [6, 6.07) is 10.1. The zero-order valence-corrected chi connectivity index (χ0v) is 14.1. The molecule has 1 N–H and O–H groups in total. The number of H-pyrrole nitrogens is 1. The van der Waals surface area contributed by atoms with Crippen LogP contribution < -0.4 is 5.56 Å². The Labute approximate surface area is 144 Å². The monoisotopic (exact) mass is 354 g/mol. The summed E-state index contributed by atoms with van der Waals surface area (Å²) in [6.45, 7) is 7.17. The van der Waals surface area contributed by atoms with Crippen LogP contribution in [0.25, 0.3) is 21.8 Å². The van der Waals surface area contributed by atoms with Crippen LogP contribution >= 0.6 is 0 Å². The Bertz CT molecular complexity index is 1100. The van der Waals surface area contributed by atoms with E-state index in [4.69, 9.17) is 6.57 Å². The molecule has 1 aromatic carbocycles. The minimum atomic E-state index is -3.34. The van der Waals surface area contributed by atoms with Gasteiger partial charge in [0.15, 0.2) is 15.7 Å². The first-order chi connectivity index (χ1) is 11.9. The van der Waals surface area contributed by atoms with E-state index in [2.05, 4.69) is 14.9 Å². The van der Waals surface area contributed by atoms with E-state index in [9.17, 15) is 13.2 Å². The summed E-state index contributed by atoms with van der Waals surface area (Å²) in [5, 5.41) is 2.83. The summed E-state index contributed by atoms with van der Waals surface area (Å²) in [6.07, 6.45) is 3.88. The van der Waals surface area contributed by atoms with Crippen molar-refractivity contribution < 1.29 is 8.42 Å². The molecule has 0 aliphatic heterocycles. The summed E-state index contributed by atoms with van der Waals surface area (Å²) in [5.74, 6) is 0.299. The lowest BCUT2D eigenvalue weighted by molar-refractivity contribution is 0.601. The van der Waals surface area contributed by atoms with Gasteiger partial charge in [-0.2, -0.15) is 0 Å². The Kier molecular flexibility index (Phi) is 4.25. The first-order valence-electron chi connectivity index (χ1n) is 7.29. The maximum atomic E-state index is 12.6. The predicted octanol–water partition coefficient (Wildman–Crippen LogP) is 2.05. The highest BCUT2D eigenvalue weighted by Gasteiger charge is 2.13. The second-order valence-electron chi connectivity index (χ2n) is 5.47. The van der Waals surface area contributed by atoms with Gasteiger partial charge in [-0.1, -0.05) is 24.3 Å². The first kappa shape index (κ1) is 16.7. The Morgan fingerprint density at radius 2 is 1.92 bits per heavy atom. The number of hydrogen-bond acceptors (Lipinski definition) is 4. The van der Waals surface area contributed by atoms with Crippen molar-refractivity contribution >= 4 is 9.84 Å². The fourth-order valence-corrected chi connectivity index (χ4v) is 2.91. The zero-order valence-electron chi connectivity index (χ0n) is 13.3. The summed E-state index contributed by atoms with van der Waals surface area (Å²) in [4.78, 5) is 20.0. The average Bonchev–Trinajstić information content (AvgIpc) is 2.97. The van der Waals surface area contributed by atoms with E-state index in [1.165, 1.54) is 23.0 Å². The van der Waals surface area contributed by atoms with E-state index in [1.807, 2.05) is 12.1 Å². The highest BCUT2D eigenvalue weighted by Crippen LogP contribution is 2.17. The van der Waals surface area contributed by atoms with Crippen molar-refractivity contribution in [1.82, 2.24) is 14.8 Å². The van der Waals surface area contributed by atoms with Crippen LogP contribution in [0.4, 0.5) is 0 Å². The number of benzene rings is 1. The molecule has 0 atom stereocenters. The molecule has 3 rings (SSSR count). The smallest absolute Gasteiger partial charge is 0.280 e. The number of nitrogens with zero attached hydrogens (tertiary/aromatic N) is 3. The highest BCUT2D eigenvalue weighted by molar-refractivity contribution is 7.90. The second kappa shape index (κ2) is 6.37. The van der Waals surface area contributed by atoms with E-state index in [0.29, 0.717) is 17.9 Å². The molecule has 2 heterocycles. The van der Waals surface area contributed by atoms with Gasteiger partial charge in [0.2, 0.25) is 6.54 Å². The van der Waals surface area contributed by atoms with Gasteiger partial charge in [-0.15, -0.1) is 0 Å². The van der Waals surface area contributed by atoms with E-state index < -0.39 is 9.84 Å². The molecular weight excluding hydrogens is 340 g/mol. The minimum absolute atomic E-state index is 0.0893. The van der Waals surface area contributed by atoms with Gasteiger partial charge >= 0.3 is 0 Å². The van der Waals surface area contributed by atoms with Gasteiger partial charge in [0.05, 0.1) is 10.5 Å². The standard InChI is InChI=1S/C17H14N4O3S/c1-18-9-12-3-5-13(6-4-12)15-11-20-21(17(15)22)16-8-7-14(10-19-16)25(2,23)24/h3-8,10-11,20H,9H2,2H3. The maximum Gasteiger partial charge on any atom is 0.280 e. The van der Waals surface area contributed by atoms with Crippen molar-refractivity contribution in [1.29, 1.82) is 0 Å². The van der Waals surface area contributed by atoms with Crippen molar-refractivity contribution in [3.63, 3.8) is 0 Å². The van der Waals surface area contributed by atoms with Crippen LogP contribution in [0.1, 0.15) is 5.56 Å². The van der Waals surface area contributed by atoms with Crippen molar-refractivity contribution in [3.8, 4) is 16.9 Å². The molecule has 7 nitrogen and oxygen atoms in total. The van der Waals surface area contributed by atoms with Gasteiger partial charge in [-0.3, -0.25) is 9.89 Å². The topological polar surface area (TPSA) is 89.2 Å². The number of nitrogens with one attached hydrogen (secondary N) is 1. The van der Waals surface area contributed by atoms with Crippen LogP contribution in [0.15, 0.2) is 58.5 Å². The van der Waals surface area contributed by atoms with Crippen molar-refractivity contribution in [3.05, 3.63) is 76.1 Å². The van der Waals surface area contributed by atoms with Gasteiger partial charge in [0.1, 0.15) is 0 Å². The Hall–Kier alpha value is -3.18. The van der Waals surface area contributed by atoms with Crippen LogP contribution in [0, 0.1) is 6.57 Å². The zero-order chi connectivity index (χ0) is 18.0. The lowest BCUT2D eigenvalue weighted by Crippen LogP contribution is -2.17. The molecule has 0 fully saturated rings. The van der Waals surface area contributed by atoms with Crippen molar-refractivity contribution in [2.24, 2.45) is 0 Å². The van der Waals surface area contributed by atoms with Gasteiger partial charge < -0.3 is 4.85 Å². The molecule has 0 amide bonds. The molecule has 0 radical (unpaired) electrons. The molecule has 2 aromatic heterocycles. The molecule has 0 bridgehead atoms. The Balaban J connectivity index is 1.96. The highest BCUT2D eigenvalue weighted by atomic mass is 32.2. The number of sulfone groups is 1. The minimum Gasteiger partial charge on any atom is -0.312 e. The van der Waals surface area contributed by atoms with E-state index in [1.54, 1.807) is 18.3 Å². The maximum absolute atomic E-state index is 12.6. The number of hydrogen-bond donors (Lipinski definition) is 1. The quantitative estimate of drug-likeness (QED) is 0.726. The summed E-state index contributed by atoms with van der Waals surface area (Å²) >= 11 is 0. The van der Waals surface area contributed by atoms with Crippen molar-refractivity contribution in [2.75, 3.05) is 6.26 Å². The first-order valence-corrected chi connectivity index (χ1v) is 9.19. The Morgan fingerprint density at radius 1 is 1.20 bits per heavy atom. The molecule has 0 aliphatic carbocycles. The summed E-state index contributed by atoms with van der Waals surface area (Å²) in [5.41, 5.74) is 1.77. The van der Waals surface area contributed by atoms with Crippen LogP contribution in [-0.4, -0.2) is 29.4 Å². The van der Waals surface area contributed by atoms with Crippen LogP contribution in [0.3, 0.4) is 0 Å². The SMILES string of the molecule is [C-]#[N+]Cc1ccc(-c2c[nH]n(-c3ccc(S(C)(=O)=O)cn3)c2=O)cc1. The molecule has 0 saturated heterocycles. The third-order valence-electron chi connectivity index (χ3n) is 3.68.